The maximum absolute atomic E-state index is 11.0. The Morgan fingerprint density at radius 3 is 2.53 bits per heavy atom. The van der Waals surface area contributed by atoms with Crippen molar-refractivity contribution in [1.29, 1.82) is 0 Å². The fourth-order valence-corrected chi connectivity index (χ4v) is 1.81. The predicted octanol–water partition coefficient (Wildman–Crippen LogP) is 1.95. The molecular formula is C13H20N2O2. The third kappa shape index (κ3) is 3.75. The summed E-state index contributed by atoms with van der Waals surface area (Å²) in [6.45, 7) is 6.28. The number of rotatable bonds is 5. The molecule has 0 fully saturated rings. The lowest BCUT2D eigenvalue weighted by Crippen LogP contribution is -2.42. The number of carboxylic acid groups (broad SMARTS) is 1. The van der Waals surface area contributed by atoms with Crippen LogP contribution in [0.1, 0.15) is 26.3 Å². The number of hydrogen-bond donors (Lipinski definition) is 2. The van der Waals surface area contributed by atoms with Crippen molar-refractivity contribution in [2.75, 3.05) is 5.73 Å². The molecule has 0 aliphatic rings. The summed E-state index contributed by atoms with van der Waals surface area (Å²) >= 11 is 0. The molecule has 17 heavy (non-hydrogen) atoms. The minimum atomic E-state index is -0.803. The molecule has 3 N–H and O–H groups in total. The van der Waals surface area contributed by atoms with Crippen LogP contribution in [0.3, 0.4) is 0 Å². The highest BCUT2D eigenvalue weighted by molar-refractivity contribution is 5.72. The van der Waals surface area contributed by atoms with Gasteiger partial charge in [0.15, 0.2) is 0 Å². The van der Waals surface area contributed by atoms with Crippen LogP contribution in [0, 0.1) is 0 Å². The molecule has 94 valence electrons. The van der Waals surface area contributed by atoms with Gasteiger partial charge in [0.2, 0.25) is 0 Å². The second kappa shape index (κ2) is 5.68. The van der Waals surface area contributed by atoms with Crippen LogP contribution in [0.4, 0.5) is 5.69 Å². The molecule has 0 amide bonds. The third-order valence-electron chi connectivity index (χ3n) is 2.83. The Balaban J connectivity index is 2.84. The third-order valence-corrected chi connectivity index (χ3v) is 2.83. The average Bonchev–Trinajstić information content (AvgIpc) is 2.24. The van der Waals surface area contributed by atoms with E-state index in [-0.39, 0.29) is 6.04 Å². The number of carbonyl (C=O) groups is 1. The van der Waals surface area contributed by atoms with Crippen LogP contribution in [-0.4, -0.2) is 28.1 Å². The summed E-state index contributed by atoms with van der Waals surface area (Å²) in [6.07, 6.45) is 0. The number of benzene rings is 1. The van der Waals surface area contributed by atoms with Crippen LogP contribution in [0.2, 0.25) is 0 Å². The zero-order chi connectivity index (χ0) is 13.0. The Bertz CT molecular complexity index is 391. The SMILES string of the molecule is CC(C)N(Cc1cccc(N)c1)C(C)C(=O)O. The largest absolute Gasteiger partial charge is 0.480 e. The summed E-state index contributed by atoms with van der Waals surface area (Å²) in [5, 5.41) is 9.07. The van der Waals surface area contributed by atoms with Gasteiger partial charge in [-0.2, -0.15) is 0 Å². The lowest BCUT2D eigenvalue weighted by Gasteiger charge is -2.30. The summed E-state index contributed by atoms with van der Waals surface area (Å²) in [5.74, 6) is -0.803. The molecule has 1 unspecified atom stereocenters. The van der Waals surface area contributed by atoms with Crippen LogP contribution in [-0.2, 0) is 11.3 Å². The zero-order valence-corrected chi connectivity index (χ0v) is 10.6. The second-order valence-corrected chi connectivity index (χ2v) is 4.53. The van der Waals surface area contributed by atoms with Gasteiger partial charge in [0.1, 0.15) is 6.04 Å². The van der Waals surface area contributed by atoms with Crippen molar-refractivity contribution in [3.05, 3.63) is 29.8 Å². The van der Waals surface area contributed by atoms with E-state index in [0.717, 1.165) is 5.56 Å². The van der Waals surface area contributed by atoms with E-state index in [0.29, 0.717) is 12.2 Å². The van der Waals surface area contributed by atoms with Gasteiger partial charge in [0.25, 0.3) is 0 Å². The highest BCUT2D eigenvalue weighted by atomic mass is 16.4. The first-order chi connectivity index (χ1) is 7.91. The highest BCUT2D eigenvalue weighted by Gasteiger charge is 2.23. The number of nitrogens with zero attached hydrogens (tertiary/aromatic N) is 1. The molecule has 1 aromatic rings. The molecule has 0 aliphatic heterocycles. The first kappa shape index (κ1) is 13.5. The van der Waals surface area contributed by atoms with E-state index in [9.17, 15) is 4.79 Å². The number of nitrogens with two attached hydrogens (primary N) is 1. The van der Waals surface area contributed by atoms with Crippen LogP contribution < -0.4 is 5.73 Å². The van der Waals surface area contributed by atoms with E-state index in [2.05, 4.69) is 0 Å². The quantitative estimate of drug-likeness (QED) is 0.767. The molecule has 0 heterocycles. The molecule has 0 bridgehead atoms. The standard InChI is InChI=1S/C13H20N2O2/c1-9(2)15(10(3)13(16)17)8-11-5-4-6-12(14)7-11/h4-7,9-10H,8,14H2,1-3H3,(H,16,17). The van der Waals surface area contributed by atoms with Gasteiger partial charge >= 0.3 is 5.97 Å². The minimum Gasteiger partial charge on any atom is -0.480 e. The molecule has 1 aromatic carbocycles. The van der Waals surface area contributed by atoms with Gasteiger partial charge < -0.3 is 10.8 Å². The van der Waals surface area contributed by atoms with Crippen molar-refractivity contribution in [3.63, 3.8) is 0 Å². The minimum absolute atomic E-state index is 0.169. The molecule has 4 nitrogen and oxygen atoms in total. The van der Waals surface area contributed by atoms with E-state index < -0.39 is 12.0 Å². The zero-order valence-electron chi connectivity index (χ0n) is 10.6. The van der Waals surface area contributed by atoms with Crippen molar-refractivity contribution in [1.82, 2.24) is 4.90 Å². The monoisotopic (exact) mass is 236 g/mol. The number of carboxylic acids is 1. The Morgan fingerprint density at radius 1 is 1.41 bits per heavy atom. The van der Waals surface area contributed by atoms with Crippen LogP contribution in [0.25, 0.3) is 0 Å². The fraction of sp³-hybridized carbons (Fsp3) is 0.462. The average molecular weight is 236 g/mol. The van der Waals surface area contributed by atoms with Crippen LogP contribution in [0.5, 0.6) is 0 Å². The van der Waals surface area contributed by atoms with E-state index >= 15 is 0 Å². The van der Waals surface area contributed by atoms with Gasteiger partial charge in [-0.15, -0.1) is 0 Å². The van der Waals surface area contributed by atoms with Gasteiger partial charge in [-0.25, -0.2) is 0 Å². The fourth-order valence-electron chi connectivity index (χ4n) is 1.81. The summed E-state index contributed by atoms with van der Waals surface area (Å²) in [6, 6.07) is 7.21. The topological polar surface area (TPSA) is 66.6 Å². The second-order valence-electron chi connectivity index (χ2n) is 4.53. The molecule has 0 saturated carbocycles. The van der Waals surface area contributed by atoms with Crippen LogP contribution >= 0.6 is 0 Å². The first-order valence-electron chi connectivity index (χ1n) is 5.74. The Hall–Kier alpha value is -1.55. The smallest absolute Gasteiger partial charge is 0.320 e. The Morgan fingerprint density at radius 2 is 2.06 bits per heavy atom. The predicted molar refractivity (Wildman–Crippen MR) is 68.6 cm³/mol. The maximum atomic E-state index is 11.0. The summed E-state index contributed by atoms with van der Waals surface area (Å²) in [5.41, 5.74) is 7.45. The molecule has 4 heteroatoms. The molecule has 1 rings (SSSR count). The van der Waals surface area contributed by atoms with E-state index in [1.54, 1.807) is 6.92 Å². The molecular weight excluding hydrogens is 216 g/mol. The Kier molecular flexibility index (Phi) is 4.52. The van der Waals surface area contributed by atoms with E-state index in [1.165, 1.54) is 0 Å². The normalized spacial score (nSPS) is 13.0. The van der Waals surface area contributed by atoms with Crippen molar-refractivity contribution < 1.29 is 9.90 Å². The molecule has 0 aromatic heterocycles. The summed E-state index contributed by atoms with van der Waals surface area (Å²) in [7, 11) is 0. The number of anilines is 1. The van der Waals surface area contributed by atoms with Crippen LogP contribution in [0.15, 0.2) is 24.3 Å². The first-order valence-corrected chi connectivity index (χ1v) is 5.74. The molecule has 0 saturated heterocycles. The Labute approximate surface area is 102 Å². The van der Waals surface area contributed by atoms with Gasteiger partial charge in [-0.1, -0.05) is 12.1 Å². The molecule has 0 spiro atoms. The maximum Gasteiger partial charge on any atom is 0.320 e. The molecule has 0 aliphatic carbocycles. The lowest BCUT2D eigenvalue weighted by molar-refractivity contribution is -0.143. The summed E-state index contributed by atoms with van der Waals surface area (Å²) < 4.78 is 0. The lowest BCUT2D eigenvalue weighted by atomic mass is 10.1. The van der Waals surface area contributed by atoms with Crippen molar-refractivity contribution >= 4 is 11.7 Å². The number of aliphatic carboxylic acids is 1. The van der Waals surface area contributed by atoms with E-state index in [1.807, 2.05) is 43.0 Å². The highest BCUT2D eigenvalue weighted by Crippen LogP contribution is 2.14. The van der Waals surface area contributed by atoms with Crippen molar-refractivity contribution in [2.24, 2.45) is 0 Å². The molecule has 1 atom stereocenters. The van der Waals surface area contributed by atoms with E-state index in [4.69, 9.17) is 10.8 Å². The van der Waals surface area contributed by atoms with Gasteiger partial charge in [0, 0.05) is 18.3 Å². The summed E-state index contributed by atoms with van der Waals surface area (Å²) in [4.78, 5) is 13.0. The van der Waals surface area contributed by atoms with Gasteiger partial charge in [0.05, 0.1) is 0 Å². The van der Waals surface area contributed by atoms with Gasteiger partial charge in [-0.3, -0.25) is 9.69 Å². The molecule has 0 radical (unpaired) electrons. The van der Waals surface area contributed by atoms with Crippen molar-refractivity contribution in [3.8, 4) is 0 Å². The number of nitrogen functional groups attached to an aromatic ring is 1. The number of hydrogen-bond acceptors (Lipinski definition) is 3. The van der Waals surface area contributed by atoms with Gasteiger partial charge in [-0.05, 0) is 38.5 Å². The van der Waals surface area contributed by atoms with Crippen molar-refractivity contribution in [2.45, 2.75) is 39.4 Å².